The molecule has 3 rings (SSSR count). The van der Waals surface area contributed by atoms with Gasteiger partial charge in [-0.05, 0) is 48.1 Å². The van der Waals surface area contributed by atoms with E-state index < -0.39 is 46.5 Å². The fourth-order valence-corrected chi connectivity index (χ4v) is 5.29. The van der Waals surface area contributed by atoms with Gasteiger partial charge in [0.05, 0.1) is 26.9 Å². The molecule has 1 aliphatic carbocycles. The maximum atomic E-state index is 13.2. The second-order valence-electron chi connectivity index (χ2n) is 9.80. The fraction of sp³-hybridized carbons (Fsp3) is 0.385. The molecule has 0 aliphatic heterocycles. The maximum Gasteiger partial charge on any atom is 0.326 e. The van der Waals surface area contributed by atoms with Gasteiger partial charge in [-0.25, -0.2) is 4.79 Å². The van der Waals surface area contributed by atoms with Crippen LogP contribution >= 0.6 is 23.2 Å². The number of carboxylic acid groups (broad SMARTS) is 2. The number of hydrogen-bond acceptors (Lipinski definition) is 4. The molecule has 0 bridgehead atoms. The van der Waals surface area contributed by atoms with Crippen LogP contribution in [0.4, 0.5) is 5.69 Å². The lowest BCUT2D eigenvalue weighted by Gasteiger charge is -2.39. The van der Waals surface area contributed by atoms with E-state index in [-0.39, 0.29) is 22.0 Å². The van der Waals surface area contributed by atoms with Crippen LogP contribution in [0.5, 0.6) is 0 Å². The molecular weight excluding hydrogens is 507 g/mol. The fourth-order valence-electron chi connectivity index (χ4n) is 4.72. The Balaban J connectivity index is 1.70. The van der Waals surface area contributed by atoms with E-state index in [4.69, 9.17) is 23.2 Å². The zero-order valence-electron chi connectivity index (χ0n) is 20.1. The Kier molecular flexibility index (Phi) is 8.00. The number of nitrogens with one attached hydrogen (secondary N) is 2. The summed E-state index contributed by atoms with van der Waals surface area (Å²) >= 11 is 12.2. The molecule has 0 unspecified atom stereocenters. The zero-order chi connectivity index (χ0) is 26.8. The molecule has 2 aromatic rings. The third kappa shape index (κ3) is 5.34. The molecule has 8 nitrogen and oxygen atoms in total. The number of hydrogen-bond donors (Lipinski definition) is 4. The van der Waals surface area contributed by atoms with Crippen LogP contribution in [0, 0.1) is 16.7 Å². The van der Waals surface area contributed by atoms with Gasteiger partial charge in [-0.3, -0.25) is 14.4 Å². The molecule has 36 heavy (non-hydrogen) atoms. The van der Waals surface area contributed by atoms with Gasteiger partial charge in [-0.2, -0.15) is 0 Å². The first-order valence-electron chi connectivity index (χ1n) is 11.4. The topological polar surface area (TPSA) is 133 Å². The Hall–Kier alpha value is -3.10. The monoisotopic (exact) mass is 534 g/mol. The summed E-state index contributed by atoms with van der Waals surface area (Å²) in [5.74, 6) is -3.83. The summed E-state index contributed by atoms with van der Waals surface area (Å²) in [6, 6.07) is 10.0. The first kappa shape index (κ1) is 27.5. The van der Waals surface area contributed by atoms with Gasteiger partial charge in [0.15, 0.2) is 0 Å². The SMILES string of the molecule is CC1(C)[C@@H](C(=O)O)CC[C@]1(C)C(=O)N[C@@H](Cc1ccc(NC(=O)c2c(Cl)cccc2Cl)cc1)C(=O)O. The maximum absolute atomic E-state index is 13.2. The molecule has 3 atom stereocenters. The average molecular weight is 535 g/mol. The van der Waals surface area contributed by atoms with Crippen LogP contribution < -0.4 is 10.6 Å². The van der Waals surface area contributed by atoms with Crippen LogP contribution in [-0.4, -0.2) is 40.0 Å². The number of halogens is 2. The highest BCUT2D eigenvalue weighted by atomic mass is 35.5. The molecule has 4 N–H and O–H groups in total. The highest BCUT2D eigenvalue weighted by molar-refractivity contribution is 6.40. The third-order valence-corrected chi connectivity index (χ3v) is 8.10. The van der Waals surface area contributed by atoms with E-state index in [1.54, 1.807) is 63.2 Å². The van der Waals surface area contributed by atoms with Crippen LogP contribution in [-0.2, 0) is 20.8 Å². The predicted molar refractivity (Wildman–Crippen MR) is 136 cm³/mol. The number of rotatable bonds is 8. The smallest absolute Gasteiger partial charge is 0.326 e. The number of benzene rings is 2. The molecule has 0 saturated heterocycles. The molecule has 2 amide bonds. The summed E-state index contributed by atoms with van der Waals surface area (Å²) in [4.78, 5) is 49.3. The van der Waals surface area contributed by atoms with Crippen LogP contribution in [0.1, 0.15) is 49.5 Å². The van der Waals surface area contributed by atoms with Crippen molar-refractivity contribution in [2.24, 2.45) is 16.7 Å². The summed E-state index contributed by atoms with van der Waals surface area (Å²) in [7, 11) is 0. The van der Waals surface area contributed by atoms with Crippen molar-refractivity contribution >= 4 is 52.6 Å². The quantitative estimate of drug-likeness (QED) is 0.381. The van der Waals surface area contributed by atoms with E-state index in [0.717, 1.165) is 0 Å². The van der Waals surface area contributed by atoms with Crippen molar-refractivity contribution in [2.75, 3.05) is 5.32 Å². The lowest BCUT2D eigenvalue weighted by atomic mass is 9.65. The number of anilines is 1. The molecule has 10 heteroatoms. The molecule has 0 spiro atoms. The standard InChI is InChI=1S/C26H28Cl2N2O6/c1-25(2)16(22(32)33)11-12-26(25,3)24(36)30-19(23(34)35)13-14-7-9-15(10-8-14)29-21(31)20-17(27)5-4-6-18(20)28/h4-10,16,19H,11-13H2,1-3H3,(H,29,31)(H,30,36)(H,32,33)(H,34,35)/t16-,19+,26-/m1/s1. The van der Waals surface area contributed by atoms with Crippen LogP contribution in [0.2, 0.25) is 10.0 Å². The van der Waals surface area contributed by atoms with E-state index in [1.165, 1.54) is 0 Å². The summed E-state index contributed by atoms with van der Waals surface area (Å²) < 4.78 is 0. The van der Waals surface area contributed by atoms with Crippen molar-refractivity contribution in [1.29, 1.82) is 0 Å². The van der Waals surface area contributed by atoms with E-state index in [9.17, 15) is 29.4 Å². The summed E-state index contributed by atoms with van der Waals surface area (Å²) in [5.41, 5.74) is -0.660. The lowest BCUT2D eigenvalue weighted by molar-refractivity contribution is -0.151. The first-order chi connectivity index (χ1) is 16.8. The van der Waals surface area contributed by atoms with E-state index in [0.29, 0.717) is 24.1 Å². The van der Waals surface area contributed by atoms with Gasteiger partial charge in [0.25, 0.3) is 5.91 Å². The van der Waals surface area contributed by atoms with Crippen molar-refractivity contribution in [3.8, 4) is 0 Å². The molecule has 0 aromatic heterocycles. The van der Waals surface area contributed by atoms with Gasteiger partial charge >= 0.3 is 11.9 Å². The van der Waals surface area contributed by atoms with E-state index in [2.05, 4.69) is 10.6 Å². The van der Waals surface area contributed by atoms with Crippen molar-refractivity contribution < 1.29 is 29.4 Å². The average Bonchev–Trinajstić information content (AvgIpc) is 3.04. The van der Waals surface area contributed by atoms with Crippen molar-refractivity contribution in [3.63, 3.8) is 0 Å². The molecule has 2 aromatic carbocycles. The van der Waals surface area contributed by atoms with Crippen LogP contribution in [0.15, 0.2) is 42.5 Å². The number of carboxylic acids is 2. The van der Waals surface area contributed by atoms with Crippen molar-refractivity contribution in [2.45, 2.75) is 46.1 Å². The Morgan fingerprint density at radius 2 is 1.58 bits per heavy atom. The molecule has 0 radical (unpaired) electrons. The molecule has 1 fully saturated rings. The molecule has 1 aliphatic rings. The van der Waals surface area contributed by atoms with Gasteiger partial charge in [-0.1, -0.05) is 62.2 Å². The number of aliphatic carboxylic acids is 2. The Labute approximate surface area is 219 Å². The highest BCUT2D eigenvalue weighted by Crippen LogP contribution is 2.56. The van der Waals surface area contributed by atoms with Crippen molar-refractivity contribution in [3.05, 3.63) is 63.6 Å². The second kappa shape index (κ2) is 10.5. The first-order valence-corrected chi connectivity index (χ1v) is 12.1. The van der Waals surface area contributed by atoms with Gasteiger partial charge in [0, 0.05) is 12.1 Å². The van der Waals surface area contributed by atoms with Gasteiger partial charge in [0.2, 0.25) is 5.91 Å². The molecular formula is C26H28Cl2N2O6. The largest absolute Gasteiger partial charge is 0.481 e. The number of carbonyl (C=O) groups excluding carboxylic acids is 2. The Bertz CT molecular complexity index is 1180. The summed E-state index contributed by atoms with van der Waals surface area (Å²) in [5, 5.41) is 25.0. The van der Waals surface area contributed by atoms with E-state index in [1.807, 2.05) is 0 Å². The number of carbonyl (C=O) groups is 4. The Morgan fingerprint density at radius 1 is 1.00 bits per heavy atom. The zero-order valence-corrected chi connectivity index (χ0v) is 21.6. The van der Waals surface area contributed by atoms with E-state index >= 15 is 0 Å². The normalized spacial score (nSPS) is 21.4. The Morgan fingerprint density at radius 3 is 2.08 bits per heavy atom. The summed E-state index contributed by atoms with van der Waals surface area (Å²) in [6.45, 7) is 5.15. The minimum absolute atomic E-state index is 0.00447. The predicted octanol–water partition coefficient (Wildman–Crippen LogP) is 4.88. The third-order valence-electron chi connectivity index (χ3n) is 7.47. The van der Waals surface area contributed by atoms with Gasteiger partial charge in [-0.15, -0.1) is 0 Å². The van der Waals surface area contributed by atoms with Crippen molar-refractivity contribution in [1.82, 2.24) is 5.32 Å². The number of amides is 2. The van der Waals surface area contributed by atoms with Crippen LogP contribution in [0.25, 0.3) is 0 Å². The second-order valence-corrected chi connectivity index (χ2v) is 10.6. The van der Waals surface area contributed by atoms with Gasteiger partial charge in [0.1, 0.15) is 6.04 Å². The lowest BCUT2D eigenvalue weighted by Crippen LogP contribution is -2.53. The minimum Gasteiger partial charge on any atom is -0.481 e. The molecule has 1 saturated carbocycles. The van der Waals surface area contributed by atoms with Crippen LogP contribution in [0.3, 0.4) is 0 Å². The molecule has 0 heterocycles. The highest BCUT2D eigenvalue weighted by Gasteiger charge is 2.58. The minimum atomic E-state index is -1.21. The summed E-state index contributed by atoms with van der Waals surface area (Å²) in [6.07, 6.45) is 0.695. The van der Waals surface area contributed by atoms with Gasteiger partial charge < -0.3 is 20.8 Å². The molecule has 192 valence electrons.